The zero-order chi connectivity index (χ0) is 13.2. The van der Waals surface area contributed by atoms with Crippen LogP contribution in [-0.4, -0.2) is 24.9 Å². The van der Waals surface area contributed by atoms with Crippen LogP contribution in [0.3, 0.4) is 0 Å². The summed E-state index contributed by atoms with van der Waals surface area (Å²) in [6.45, 7) is 1.40. The largest absolute Gasteiger partial charge is 0.388 e. The fourth-order valence-electron chi connectivity index (χ4n) is 2.42. The van der Waals surface area contributed by atoms with Gasteiger partial charge in [0.05, 0.1) is 6.10 Å². The highest BCUT2D eigenvalue weighted by molar-refractivity contribution is 6.30. The van der Waals surface area contributed by atoms with E-state index in [2.05, 4.69) is 0 Å². The molecule has 1 unspecified atom stereocenters. The first kappa shape index (κ1) is 13.7. The minimum Gasteiger partial charge on any atom is -0.388 e. The Bertz CT molecular complexity index is 421. The molecule has 0 aliphatic carbocycles. The molecule has 0 bridgehead atoms. The van der Waals surface area contributed by atoms with E-state index in [1.165, 1.54) is 12.1 Å². The quantitative estimate of drug-likeness (QED) is 0.888. The van der Waals surface area contributed by atoms with Gasteiger partial charge < -0.3 is 15.6 Å². The molecule has 0 aromatic heterocycles. The number of halogens is 2. The van der Waals surface area contributed by atoms with Crippen LogP contribution in [-0.2, 0) is 4.74 Å². The Hall–Kier alpha value is -0.680. The van der Waals surface area contributed by atoms with E-state index in [-0.39, 0.29) is 5.56 Å². The van der Waals surface area contributed by atoms with Crippen molar-refractivity contribution in [2.75, 3.05) is 19.8 Å². The van der Waals surface area contributed by atoms with Gasteiger partial charge in [-0.15, -0.1) is 0 Å². The summed E-state index contributed by atoms with van der Waals surface area (Å²) in [6.07, 6.45) is 0.336. The molecular formula is C13H17ClFNO2. The number of aliphatic hydroxyl groups is 1. The van der Waals surface area contributed by atoms with Crippen molar-refractivity contribution in [3.63, 3.8) is 0 Å². The average molecular weight is 274 g/mol. The smallest absolute Gasteiger partial charge is 0.130 e. The van der Waals surface area contributed by atoms with E-state index >= 15 is 0 Å². The minimum absolute atomic E-state index is 0.256. The van der Waals surface area contributed by atoms with Gasteiger partial charge >= 0.3 is 0 Å². The van der Waals surface area contributed by atoms with E-state index in [0.29, 0.717) is 37.6 Å². The van der Waals surface area contributed by atoms with Crippen molar-refractivity contribution in [3.8, 4) is 0 Å². The third-order valence-corrected chi connectivity index (χ3v) is 3.97. The van der Waals surface area contributed by atoms with Crippen molar-refractivity contribution in [2.45, 2.75) is 18.9 Å². The molecule has 1 aliphatic heterocycles. The number of nitrogens with two attached hydrogens (primary N) is 1. The Morgan fingerprint density at radius 2 is 2.11 bits per heavy atom. The molecule has 1 fully saturated rings. The Labute approximate surface area is 111 Å². The van der Waals surface area contributed by atoms with Gasteiger partial charge in [-0.1, -0.05) is 17.7 Å². The Kier molecular flexibility index (Phi) is 4.22. The summed E-state index contributed by atoms with van der Waals surface area (Å²) in [7, 11) is 0. The molecule has 1 saturated heterocycles. The molecular weight excluding hydrogens is 257 g/mol. The monoisotopic (exact) mass is 273 g/mol. The molecule has 2 rings (SSSR count). The fourth-order valence-corrected chi connectivity index (χ4v) is 2.58. The van der Waals surface area contributed by atoms with Gasteiger partial charge in [-0.05, 0) is 25.0 Å². The van der Waals surface area contributed by atoms with Crippen LogP contribution in [0, 0.1) is 11.2 Å². The lowest BCUT2D eigenvalue weighted by molar-refractivity contribution is -0.0593. The number of ether oxygens (including phenoxy) is 1. The summed E-state index contributed by atoms with van der Waals surface area (Å²) in [5.74, 6) is -0.491. The lowest BCUT2D eigenvalue weighted by Gasteiger charge is -2.40. The number of benzene rings is 1. The van der Waals surface area contributed by atoms with E-state index in [0.717, 1.165) is 0 Å². The van der Waals surface area contributed by atoms with Gasteiger partial charge in [0.2, 0.25) is 0 Å². The third kappa shape index (κ3) is 2.52. The molecule has 0 radical (unpaired) electrons. The maximum Gasteiger partial charge on any atom is 0.130 e. The predicted octanol–water partition coefficient (Wildman–Crippen LogP) is 2.27. The van der Waals surface area contributed by atoms with Crippen LogP contribution in [0.5, 0.6) is 0 Å². The lowest BCUT2D eigenvalue weighted by Crippen LogP contribution is -2.42. The van der Waals surface area contributed by atoms with E-state index in [1.54, 1.807) is 6.07 Å². The van der Waals surface area contributed by atoms with Gasteiger partial charge in [0.1, 0.15) is 5.82 Å². The van der Waals surface area contributed by atoms with Gasteiger partial charge in [0.15, 0.2) is 0 Å². The van der Waals surface area contributed by atoms with Crippen LogP contribution in [0.25, 0.3) is 0 Å². The molecule has 0 spiro atoms. The first-order valence-corrected chi connectivity index (χ1v) is 6.38. The standard InChI is InChI=1S/C13H17ClFNO2/c14-9-1-2-10(11(15)7-9)12(17)13(8-16)3-5-18-6-4-13/h1-2,7,12,17H,3-6,8,16H2. The molecule has 1 aromatic rings. The minimum atomic E-state index is -0.927. The maximum atomic E-state index is 13.8. The summed E-state index contributed by atoms with van der Waals surface area (Å²) < 4.78 is 19.1. The van der Waals surface area contributed by atoms with Crippen LogP contribution in [0.1, 0.15) is 24.5 Å². The summed E-state index contributed by atoms with van der Waals surface area (Å²) in [5.41, 5.74) is 5.54. The molecule has 3 nitrogen and oxygen atoms in total. The summed E-state index contributed by atoms with van der Waals surface area (Å²) in [5, 5.41) is 10.8. The van der Waals surface area contributed by atoms with E-state index < -0.39 is 17.3 Å². The summed E-state index contributed by atoms with van der Waals surface area (Å²) in [4.78, 5) is 0. The molecule has 0 saturated carbocycles. The van der Waals surface area contributed by atoms with Crippen molar-refractivity contribution in [3.05, 3.63) is 34.6 Å². The Morgan fingerprint density at radius 3 is 2.67 bits per heavy atom. The number of hydrogen-bond acceptors (Lipinski definition) is 3. The molecule has 1 heterocycles. The fraction of sp³-hybridized carbons (Fsp3) is 0.538. The van der Waals surface area contributed by atoms with Crippen LogP contribution >= 0.6 is 11.6 Å². The van der Waals surface area contributed by atoms with Crippen molar-refractivity contribution in [2.24, 2.45) is 11.1 Å². The van der Waals surface area contributed by atoms with Crippen LogP contribution < -0.4 is 5.73 Å². The van der Waals surface area contributed by atoms with Gasteiger partial charge in [-0.2, -0.15) is 0 Å². The lowest BCUT2D eigenvalue weighted by atomic mass is 9.73. The number of hydrogen-bond donors (Lipinski definition) is 2. The third-order valence-electron chi connectivity index (χ3n) is 3.73. The van der Waals surface area contributed by atoms with E-state index in [9.17, 15) is 9.50 Å². The van der Waals surface area contributed by atoms with Crippen LogP contribution in [0.4, 0.5) is 4.39 Å². The van der Waals surface area contributed by atoms with Crippen LogP contribution in [0.2, 0.25) is 5.02 Å². The zero-order valence-electron chi connectivity index (χ0n) is 10.0. The normalized spacial score (nSPS) is 20.7. The van der Waals surface area contributed by atoms with Gasteiger partial charge in [-0.3, -0.25) is 0 Å². The molecule has 100 valence electrons. The highest BCUT2D eigenvalue weighted by atomic mass is 35.5. The first-order chi connectivity index (χ1) is 8.59. The van der Waals surface area contributed by atoms with Gasteiger partial charge in [-0.25, -0.2) is 4.39 Å². The van der Waals surface area contributed by atoms with Crippen LogP contribution in [0.15, 0.2) is 18.2 Å². The molecule has 0 amide bonds. The second kappa shape index (κ2) is 5.53. The van der Waals surface area contributed by atoms with Gasteiger partial charge in [0.25, 0.3) is 0 Å². The molecule has 1 aliphatic rings. The zero-order valence-corrected chi connectivity index (χ0v) is 10.8. The molecule has 5 heteroatoms. The van der Waals surface area contributed by atoms with Crippen molar-refractivity contribution >= 4 is 11.6 Å². The molecule has 18 heavy (non-hydrogen) atoms. The SMILES string of the molecule is NCC1(C(O)c2ccc(Cl)cc2F)CCOCC1. The van der Waals surface area contributed by atoms with Crippen molar-refractivity contribution in [1.29, 1.82) is 0 Å². The second-order valence-corrected chi connectivity index (χ2v) is 5.18. The number of aliphatic hydroxyl groups excluding tert-OH is 1. The highest BCUT2D eigenvalue weighted by Gasteiger charge is 2.40. The van der Waals surface area contributed by atoms with E-state index in [1.807, 2.05) is 0 Å². The van der Waals surface area contributed by atoms with E-state index in [4.69, 9.17) is 22.1 Å². The summed E-state index contributed by atoms with van der Waals surface area (Å²) >= 11 is 5.71. The van der Waals surface area contributed by atoms with Gasteiger partial charge in [0, 0.05) is 35.8 Å². The first-order valence-electron chi connectivity index (χ1n) is 6.00. The molecule has 1 atom stereocenters. The molecule has 3 N–H and O–H groups in total. The maximum absolute atomic E-state index is 13.8. The average Bonchev–Trinajstić information content (AvgIpc) is 2.39. The summed E-state index contributed by atoms with van der Waals surface area (Å²) in [6, 6.07) is 4.31. The van der Waals surface area contributed by atoms with Crippen molar-refractivity contribution in [1.82, 2.24) is 0 Å². The topological polar surface area (TPSA) is 55.5 Å². The second-order valence-electron chi connectivity index (χ2n) is 4.75. The predicted molar refractivity (Wildman–Crippen MR) is 67.9 cm³/mol. The highest BCUT2D eigenvalue weighted by Crippen LogP contribution is 2.42. The number of rotatable bonds is 3. The Morgan fingerprint density at radius 1 is 1.44 bits per heavy atom. The van der Waals surface area contributed by atoms with Crippen molar-refractivity contribution < 1.29 is 14.2 Å². The Balaban J connectivity index is 2.30. The molecule has 1 aromatic carbocycles.